The van der Waals surface area contributed by atoms with Crippen LogP contribution < -0.4 is 11.1 Å². The maximum absolute atomic E-state index is 5.81. The molecule has 2 unspecified atom stereocenters. The van der Waals surface area contributed by atoms with Gasteiger partial charge in [-0.3, -0.25) is 4.99 Å². The second-order valence-electron chi connectivity index (χ2n) is 5.02. The van der Waals surface area contributed by atoms with Crippen LogP contribution in [0.15, 0.2) is 35.3 Å². The minimum Gasteiger partial charge on any atom is -0.370 e. The predicted octanol–water partition coefficient (Wildman–Crippen LogP) is 2.49. The van der Waals surface area contributed by atoms with Gasteiger partial charge in [0.2, 0.25) is 0 Å². The van der Waals surface area contributed by atoms with Gasteiger partial charge in [-0.1, -0.05) is 43.7 Å². The summed E-state index contributed by atoms with van der Waals surface area (Å²) in [5.74, 6) is 1.97. The molecular weight excluding hydrogens is 222 g/mol. The number of aliphatic imine (C=N–C) groups is 1. The van der Waals surface area contributed by atoms with Gasteiger partial charge in [0.25, 0.3) is 0 Å². The molecule has 1 aromatic rings. The van der Waals surface area contributed by atoms with Crippen molar-refractivity contribution >= 4 is 5.96 Å². The second kappa shape index (κ2) is 6.43. The standard InChI is InChI=1S/C15H23N3/c1-2-3-9-17-15(16)18-11-13-10-14(13)12-7-5-4-6-8-12/h4-8,13-14H,2-3,9-11H2,1H3,(H3,16,17,18). The van der Waals surface area contributed by atoms with Gasteiger partial charge in [0.05, 0.1) is 0 Å². The average Bonchev–Trinajstić information content (AvgIpc) is 3.17. The molecule has 0 amide bonds. The van der Waals surface area contributed by atoms with E-state index in [9.17, 15) is 0 Å². The van der Waals surface area contributed by atoms with Gasteiger partial charge in [0, 0.05) is 13.1 Å². The lowest BCUT2D eigenvalue weighted by Crippen LogP contribution is -2.32. The molecule has 2 atom stereocenters. The summed E-state index contributed by atoms with van der Waals surface area (Å²) in [5, 5.41) is 3.15. The highest BCUT2D eigenvalue weighted by Crippen LogP contribution is 2.47. The number of hydrogen-bond donors (Lipinski definition) is 2. The largest absolute Gasteiger partial charge is 0.370 e. The lowest BCUT2D eigenvalue weighted by atomic mass is 10.1. The molecule has 98 valence electrons. The summed E-state index contributed by atoms with van der Waals surface area (Å²) in [6.07, 6.45) is 3.57. The monoisotopic (exact) mass is 245 g/mol. The number of nitrogens with one attached hydrogen (secondary N) is 1. The lowest BCUT2D eigenvalue weighted by Gasteiger charge is -2.04. The molecule has 0 bridgehead atoms. The Morgan fingerprint density at radius 2 is 2.17 bits per heavy atom. The summed E-state index contributed by atoms with van der Waals surface area (Å²) in [6.45, 7) is 3.95. The number of hydrogen-bond acceptors (Lipinski definition) is 1. The number of nitrogens with two attached hydrogens (primary N) is 1. The highest BCUT2D eigenvalue weighted by Gasteiger charge is 2.37. The van der Waals surface area contributed by atoms with Gasteiger partial charge in [-0.05, 0) is 30.2 Å². The number of benzene rings is 1. The zero-order valence-electron chi connectivity index (χ0n) is 11.1. The molecule has 18 heavy (non-hydrogen) atoms. The van der Waals surface area contributed by atoms with Crippen molar-refractivity contribution < 1.29 is 0 Å². The number of rotatable bonds is 6. The van der Waals surface area contributed by atoms with Gasteiger partial charge >= 0.3 is 0 Å². The normalized spacial score (nSPS) is 22.8. The van der Waals surface area contributed by atoms with Crippen LogP contribution in [0, 0.1) is 5.92 Å². The van der Waals surface area contributed by atoms with Gasteiger partial charge in [-0.25, -0.2) is 0 Å². The third-order valence-electron chi connectivity index (χ3n) is 3.48. The van der Waals surface area contributed by atoms with E-state index >= 15 is 0 Å². The molecule has 2 rings (SSSR count). The SMILES string of the molecule is CCCCNC(N)=NCC1CC1c1ccccc1. The molecule has 1 saturated carbocycles. The predicted molar refractivity (Wildman–Crippen MR) is 76.7 cm³/mol. The van der Waals surface area contributed by atoms with Crippen molar-refractivity contribution in [3.05, 3.63) is 35.9 Å². The molecule has 0 radical (unpaired) electrons. The van der Waals surface area contributed by atoms with Crippen LogP contribution in [-0.4, -0.2) is 19.0 Å². The van der Waals surface area contributed by atoms with Crippen molar-refractivity contribution in [2.75, 3.05) is 13.1 Å². The van der Waals surface area contributed by atoms with Gasteiger partial charge < -0.3 is 11.1 Å². The fourth-order valence-corrected chi connectivity index (χ4v) is 2.22. The number of nitrogens with zero attached hydrogens (tertiary/aromatic N) is 1. The highest BCUT2D eigenvalue weighted by atomic mass is 15.1. The van der Waals surface area contributed by atoms with Crippen LogP contribution in [0.25, 0.3) is 0 Å². The summed E-state index contributed by atoms with van der Waals surface area (Å²) >= 11 is 0. The van der Waals surface area contributed by atoms with Crippen molar-refractivity contribution in [2.24, 2.45) is 16.6 Å². The summed E-state index contributed by atoms with van der Waals surface area (Å²) < 4.78 is 0. The Hall–Kier alpha value is -1.51. The van der Waals surface area contributed by atoms with E-state index in [2.05, 4.69) is 47.6 Å². The Morgan fingerprint density at radius 3 is 2.89 bits per heavy atom. The quantitative estimate of drug-likeness (QED) is 0.459. The molecule has 3 N–H and O–H groups in total. The van der Waals surface area contributed by atoms with Gasteiger partial charge in [-0.15, -0.1) is 0 Å². The molecule has 1 aliphatic rings. The van der Waals surface area contributed by atoms with E-state index in [1.54, 1.807) is 0 Å². The van der Waals surface area contributed by atoms with E-state index < -0.39 is 0 Å². The second-order valence-corrected chi connectivity index (χ2v) is 5.02. The van der Waals surface area contributed by atoms with Crippen LogP contribution in [-0.2, 0) is 0 Å². The molecule has 0 heterocycles. The molecule has 1 aromatic carbocycles. The smallest absolute Gasteiger partial charge is 0.188 e. The van der Waals surface area contributed by atoms with E-state index in [1.165, 1.54) is 18.4 Å². The van der Waals surface area contributed by atoms with Crippen molar-refractivity contribution in [1.29, 1.82) is 0 Å². The fraction of sp³-hybridized carbons (Fsp3) is 0.533. The zero-order chi connectivity index (χ0) is 12.8. The first-order valence-corrected chi connectivity index (χ1v) is 6.90. The molecule has 1 fully saturated rings. The lowest BCUT2D eigenvalue weighted by molar-refractivity contribution is 0.740. The summed E-state index contributed by atoms with van der Waals surface area (Å²) in [4.78, 5) is 4.42. The van der Waals surface area contributed by atoms with Gasteiger partial charge in [-0.2, -0.15) is 0 Å². The maximum atomic E-state index is 5.81. The average molecular weight is 245 g/mol. The molecule has 0 aromatic heterocycles. The highest BCUT2D eigenvalue weighted by molar-refractivity contribution is 5.77. The van der Waals surface area contributed by atoms with Gasteiger partial charge in [0.15, 0.2) is 5.96 Å². The third-order valence-corrected chi connectivity index (χ3v) is 3.48. The maximum Gasteiger partial charge on any atom is 0.188 e. The van der Waals surface area contributed by atoms with E-state index in [0.717, 1.165) is 19.5 Å². The summed E-state index contributed by atoms with van der Waals surface area (Å²) in [7, 11) is 0. The Morgan fingerprint density at radius 1 is 1.39 bits per heavy atom. The number of unbranched alkanes of at least 4 members (excludes halogenated alkanes) is 1. The summed E-state index contributed by atoms with van der Waals surface area (Å²) in [5.41, 5.74) is 7.25. The minimum absolute atomic E-state index is 0.599. The first kappa shape index (κ1) is 12.9. The van der Waals surface area contributed by atoms with Crippen molar-refractivity contribution in [3.8, 4) is 0 Å². The first-order valence-electron chi connectivity index (χ1n) is 6.90. The summed E-state index contributed by atoms with van der Waals surface area (Å²) in [6, 6.07) is 10.7. The van der Waals surface area contributed by atoms with E-state index in [4.69, 9.17) is 5.73 Å². The third kappa shape index (κ3) is 3.76. The van der Waals surface area contributed by atoms with Crippen molar-refractivity contribution in [3.63, 3.8) is 0 Å². The minimum atomic E-state index is 0.599. The molecule has 0 saturated heterocycles. The van der Waals surface area contributed by atoms with E-state index in [-0.39, 0.29) is 0 Å². The molecule has 0 spiro atoms. The Balaban J connectivity index is 1.71. The topological polar surface area (TPSA) is 50.4 Å². The van der Waals surface area contributed by atoms with E-state index in [0.29, 0.717) is 17.8 Å². The number of guanidine groups is 1. The van der Waals surface area contributed by atoms with Crippen LogP contribution in [0.1, 0.15) is 37.7 Å². The molecule has 1 aliphatic carbocycles. The van der Waals surface area contributed by atoms with E-state index in [1.807, 2.05) is 0 Å². The van der Waals surface area contributed by atoms with Crippen LogP contribution in [0.2, 0.25) is 0 Å². The van der Waals surface area contributed by atoms with Crippen LogP contribution in [0.5, 0.6) is 0 Å². The van der Waals surface area contributed by atoms with Crippen LogP contribution in [0.4, 0.5) is 0 Å². The Bertz CT molecular complexity index is 386. The molecular formula is C15H23N3. The first-order chi connectivity index (χ1) is 8.81. The van der Waals surface area contributed by atoms with Crippen LogP contribution >= 0.6 is 0 Å². The molecule has 3 nitrogen and oxygen atoms in total. The Labute approximate surface area is 109 Å². The van der Waals surface area contributed by atoms with Crippen molar-refractivity contribution in [2.45, 2.75) is 32.1 Å². The van der Waals surface area contributed by atoms with Crippen LogP contribution in [0.3, 0.4) is 0 Å². The van der Waals surface area contributed by atoms with Crippen molar-refractivity contribution in [1.82, 2.24) is 5.32 Å². The molecule has 0 aliphatic heterocycles. The molecule has 3 heteroatoms. The fourth-order valence-electron chi connectivity index (χ4n) is 2.22. The zero-order valence-corrected chi connectivity index (χ0v) is 11.1. The Kier molecular flexibility index (Phi) is 4.62. The van der Waals surface area contributed by atoms with Gasteiger partial charge in [0.1, 0.15) is 0 Å².